The number of likely N-dealkylation sites (tertiary alicyclic amines) is 1. The molecule has 1 amide bonds. The van der Waals surface area contributed by atoms with Crippen LogP contribution in [-0.2, 0) is 4.74 Å². The highest BCUT2D eigenvalue weighted by Gasteiger charge is 2.31. The summed E-state index contributed by atoms with van der Waals surface area (Å²) in [6.07, 6.45) is 8.93. The molecule has 0 aromatic carbocycles. The van der Waals surface area contributed by atoms with E-state index in [1.807, 2.05) is 25.7 Å². The van der Waals surface area contributed by atoms with Crippen LogP contribution in [0.1, 0.15) is 72.6 Å². The molecule has 1 N–H and O–H groups in total. The van der Waals surface area contributed by atoms with Crippen molar-refractivity contribution in [3.05, 3.63) is 0 Å². The summed E-state index contributed by atoms with van der Waals surface area (Å²) in [4.78, 5) is 13.9. The Morgan fingerprint density at radius 1 is 1.14 bits per heavy atom. The molecular formula is C18H34N2O2. The highest BCUT2D eigenvalue weighted by Crippen LogP contribution is 2.28. The van der Waals surface area contributed by atoms with Crippen molar-refractivity contribution in [1.82, 2.24) is 10.2 Å². The van der Waals surface area contributed by atoms with Gasteiger partial charge in [-0.2, -0.15) is 0 Å². The van der Waals surface area contributed by atoms with E-state index in [0.29, 0.717) is 12.1 Å². The first-order valence-electron chi connectivity index (χ1n) is 9.11. The van der Waals surface area contributed by atoms with Gasteiger partial charge in [0.05, 0.1) is 0 Å². The van der Waals surface area contributed by atoms with E-state index in [1.165, 1.54) is 38.5 Å². The zero-order chi connectivity index (χ0) is 16.2. The van der Waals surface area contributed by atoms with Gasteiger partial charge in [0.15, 0.2) is 0 Å². The molecule has 1 saturated carbocycles. The summed E-state index contributed by atoms with van der Waals surface area (Å²) >= 11 is 0. The van der Waals surface area contributed by atoms with Crippen molar-refractivity contribution >= 4 is 6.09 Å². The Balaban J connectivity index is 1.70. The van der Waals surface area contributed by atoms with Gasteiger partial charge in [0.2, 0.25) is 0 Å². The van der Waals surface area contributed by atoms with E-state index in [1.54, 1.807) is 0 Å². The lowest BCUT2D eigenvalue weighted by Crippen LogP contribution is -2.43. The van der Waals surface area contributed by atoms with E-state index >= 15 is 0 Å². The van der Waals surface area contributed by atoms with Gasteiger partial charge in [-0.05, 0) is 58.8 Å². The first-order valence-corrected chi connectivity index (χ1v) is 9.11. The number of hydrogen-bond donors (Lipinski definition) is 1. The third-order valence-corrected chi connectivity index (χ3v) is 4.86. The topological polar surface area (TPSA) is 41.6 Å². The van der Waals surface area contributed by atoms with Crippen molar-refractivity contribution in [3.63, 3.8) is 0 Å². The minimum Gasteiger partial charge on any atom is -0.444 e. The van der Waals surface area contributed by atoms with Crippen molar-refractivity contribution < 1.29 is 9.53 Å². The Kier molecular flexibility index (Phi) is 6.13. The molecule has 0 aromatic heterocycles. The molecule has 0 spiro atoms. The molecule has 0 radical (unpaired) electrons. The Morgan fingerprint density at radius 3 is 2.41 bits per heavy atom. The van der Waals surface area contributed by atoms with Crippen LogP contribution in [0.25, 0.3) is 0 Å². The van der Waals surface area contributed by atoms with Crippen molar-refractivity contribution in [2.24, 2.45) is 5.92 Å². The van der Waals surface area contributed by atoms with Gasteiger partial charge >= 0.3 is 6.09 Å². The molecule has 1 atom stereocenters. The summed E-state index contributed by atoms with van der Waals surface area (Å²) < 4.78 is 5.46. The highest BCUT2D eigenvalue weighted by molar-refractivity contribution is 5.68. The molecule has 4 heteroatoms. The zero-order valence-electron chi connectivity index (χ0n) is 14.9. The van der Waals surface area contributed by atoms with E-state index in [9.17, 15) is 4.79 Å². The summed E-state index contributed by atoms with van der Waals surface area (Å²) in [5, 5.41) is 3.78. The summed E-state index contributed by atoms with van der Waals surface area (Å²) in [5.41, 5.74) is -0.403. The fraction of sp³-hybridized carbons (Fsp3) is 0.944. The Labute approximate surface area is 136 Å². The minimum atomic E-state index is -0.403. The zero-order valence-corrected chi connectivity index (χ0v) is 14.9. The molecule has 2 rings (SSSR count). The van der Waals surface area contributed by atoms with Gasteiger partial charge in [0.1, 0.15) is 5.60 Å². The molecule has 128 valence electrons. The van der Waals surface area contributed by atoms with Crippen LogP contribution in [0.4, 0.5) is 4.79 Å². The van der Waals surface area contributed by atoms with Crippen LogP contribution >= 0.6 is 0 Å². The lowest BCUT2D eigenvalue weighted by atomic mass is 9.83. The summed E-state index contributed by atoms with van der Waals surface area (Å²) in [6.45, 7) is 9.66. The van der Waals surface area contributed by atoms with Gasteiger partial charge in [-0.1, -0.05) is 19.8 Å². The maximum atomic E-state index is 12.1. The number of nitrogens with zero attached hydrogens (tertiary/aromatic N) is 1. The smallest absolute Gasteiger partial charge is 0.410 e. The first-order chi connectivity index (χ1) is 10.4. The van der Waals surface area contributed by atoms with Gasteiger partial charge in [0, 0.05) is 25.2 Å². The average molecular weight is 310 g/mol. The second kappa shape index (κ2) is 7.67. The number of nitrogens with one attached hydrogen (secondary N) is 1. The largest absolute Gasteiger partial charge is 0.444 e. The van der Waals surface area contributed by atoms with E-state index in [-0.39, 0.29) is 6.09 Å². The number of carbonyl (C=O) groups is 1. The third kappa shape index (κ3) is 5.45. The fourth-order valence-electron chi connectivity index (χ4n) is 3.75. The monoisotopic (exact) mass is 310 g/mol. The Hall–Kier alpha value is -0.770. The van der Waals surface area contributed by atoms with Crippen LogP contribution < -0.4 is 5.32 Å². The number of carbonyl (C=O) groups excluding carboxylic acids is 1. The average Bonchev–Trinajstić information content (AvgIpc) is 2.88. The van der Waals surface area contributed by atoms with Gasteiger partial charge in [0.25, 0.3) is 0 Å². The molecule has 1 saturated heterocycles. The molecule has 1 heterocycles. The molecular weight excluding hydrogens is 276 g/mol. The molecule has 1 aliphatic carbocycles. The Morgan fingerprint density at radius 2 is 1.82 bits per heavy atom. The van der Waals surface area contributed by atoms with Crippen LogP contribution in [0.2, 0.25) is 0 Å². The second-order valence-corrected chi connectivity index (χ2v) is 8.08. The lowest BCUT2D eigenvalue weighted by molar-refractivity contribution is 0.0290. The maximum absolute atomic E-state index is 12.1. The number of rotatable bonds is 4. The first kappa shape index (κ1) is 17.6. The molecule has 22 heavy (non-hydrogen) atoms. The van der Waals surface area contributed by atoms with Crippen molar-refractivity contribution in [1.29, 1.82) is 0 Å². The van der Waals surface area contributed by atoms with Crippen molar-refractivity contribution in [2.75, 3.05) is 13.1 Å². The van der Waals surface area contributed by atoms with E-state index in [0.717, 1.165) is 25.4 Å². The van der Waals surface area contributed by atoms with Crippen LogP contribution in [0, 0.1) is 5.92 Å². The maximum Gasteiger partial charge on any atom is 0.410 e. The summed E-state index contributed by atoms with van der Waals surface area (Å²) in [5.74, 6) is 0.949. The van der Waals surface area contributed by atoms with Gasteiger partial charge in [-0.25, -0.2) is 4.79 Å². The Bertz CT molecular complexity index is 357. The third-order valence-electron chi connectivity index (χ3n) is 4.86. The van der Waals surface area contributed by atoms with Crippen LogP contribution in [0.15, 0.2) is 0 Å². The van der Waals surface area contributed by atoms with Gasteiger partial charge in [-0.3, -0.25) is 0 Å². The van der Waals surface area contributed by atoms with Crippen LogP contribution in [-0.4, -0.2) is 41.8 Å². The lowest BCUT2D eigenvalue weighted by Gasteiger charge is -2.31. The predicted octanol–water partition coefficient (Wildman–Crippen LogP) is 3.94. The number of hydrogen-bond acceptors (Lipinski definition) is 3. The van der Waals surface area contributed by atoms with Crippen molar-refractivity contribution in [3.8, 4) is 0 Å². The van der Waals surface area contributed by atoms with Crippen molar-refractivity contribution in [2.45, 2.75) is 90.3 Å². The van der Waals surface area contributed by atoms with Crippen LogP contribution in [0.3, 0.4) is 0 Å². The molecule has 1 unspecified atom stereocenters. The van der Waals surface area contributed by atoms with E-state index in [4.69, 9.17) is 4.74 Å². The fourth-order valence-corrected chi connectivity index (χ4v) is 3.75. The molecule has 0 bridgehead atoms. The van der Waals surface area contributed by atoms with E-state index < -0.39 is 5.60 Å². The molecule has 2 aliphatic rings. The van der Waals surface area contributed by atoms with Gasteiger partial charge in [-0.15, -0.1) is 0 Å². The minimum absolute atomic E-state index is 0.163. The standard InChI is InChI=1S/C18H34N2O2/c1-5-6-14-7-9-15(10-8-14)19-16-11-12-20(13-16)17(21)22-18(2,3)4/h14-16,19H,5-13H2,1-4H3. The van der Waals surface area contributed by atoms with Gasteiger partial charge < -0.3 is 15.0 Å². The van der Waals surface area contributed by atoms with Crippen LogP contribution in [0.5, 0.6) is 0 Å². The quantitative estimate of drug-likeness (QED) is 0.855. The molecule has 2 fully saturated rings. The summed E-state index contributed by atoms with van der Waals surface area (Å²) in [6, 6.07) is 1.09. The predicted molar refractivity (Wildman–Crippen MR) is 90.0 cm³/mol. The molecule has 1 aliphatic heterocycles. The highest BCUT2D eigenvalue weighted by atomic mass is 16.6. The number of ether oxygens (including phenoxy) is 1. The van der Waals surface area contributed by atoms with E-state index in [2.05, 4.69) is 12.2 Å². The molecule has 0 aromatic rings. The SMILES string of the molecule is CCCC1CCC(NC2CCN(C(=O)OC(C)(C)C)C2)CC1. The normalized spacial score (nSPS) is 29.6. The molecule has 4 nitrogen and oxygen atoms in total. The summed E-state index contributed by atoms with van der Waals surface area (Å²) in [7, 11) is 0. The number of amides is 1. The second-order valence-electron chi connectivity index (χ2n) is 8.08.